The van der Waals surface area contributed by atoms with Crippen LogP contribution in [-0.4, -0.2) is 14.6 Å². The van der Waals surface area contributed by atoms with Crippen molar-refractivity contribution in [1.29, 1.82) is 0 Å². The van der Waals surface area contributed by atoms with Gasteiger partial charge in [-0.15, -0.1) is 5.10 Å². The van der Waals surface area contributed by atoms with E-state index < -0.39 is 0 Å². The van der Waals surface area contributed by atoms with E-state index in [2.05, 4.69) is 10.1 Å². The van der Waals surface area contributed by atoms with Gasteiger partial charge in [-0.05, 0) is 48.0 Å². The summed E-state index contributed by atoms with van der Waals surface area (Å²) in [5, 5.41) is 5.20. The highest BCUT2D eigenvalue weighted by Gasteiger charge is 2.12. The minimum Gasteiger partial charge on any atom is -0.266 e. The highest BCUT2D eigenvalue weighted by Crippen LogP contribution is 2.22. The van der Waals surface area contributed by atoms with Crippen LogP contribution in [-0.2, 0) is 0 Å². The molecule has 2 aromatic heterocycles. The van der Waals surface area contributed by atoms with Crippen molar-refractivity contribution in [1.82, 2.24) is 14.6 Å². The van der Waals surface area contributed by atoms with Crippen molar-refractivity contribution in [3.8, 4) is 11.4 Å². The van der Waals surface area contributed by atoms with Crippen LogP contribution in [0.5, 0.6) is 0 Å². The van der Waals surface area contributed by atoms with Crippen LogP contribution in [0.25, 0.3) is 22.4 Å². The third-order valence-electron chi connectivity index (χ3n) is 3.53. The molecule has 2 aromatic carbocycles. The number of nitrogens with zero attached hydrogens (tertiary/aromatic N) is 3. The fourth-order valence-corrected chi connectivity index (χ4v) is 3.68. The number of aromatic nitrogens is 3. The molecule has 0 aliphatic rings. The lowest BCUT2D eigenvalue weighted by molar-refractivity contribution is 0.628. The second kappa shape index (κ2) is 6.22. The van der Waals surface area contributed by atoms with Crippen LogP contribution in [0.1, 0.15) is 5.56 Å². The zero-order valence-electron chi connectivity index (χ0n) is 12.4. The second-order valence-electron chi connectivity index (χ2n) is 5.22. The van der Waals surface area contributed by atoms with E-state index in [1.807, 2.05) is 0 Å². The fourth-order valence-electron chi connectivity index (χ4n) is 2.31. The molecule has 0 saturated carbocycles. The summed E-state index contributed by atoms with van der Waals surface area (Å²) in [6.45, 7) is 0. The van der Waals surface area contributed by atoms with Gasteiger partial charge in [0.25, 0.3) is 5.56 Å². The number of hydrogen-bond donors (Lipinski definition) is 0. The molecule has 0 spiro atoms. The predicted octanol–water partition coefficient (Wildman–Crippen LogP) is 3.81. The van der Waals surface area contributed by atoms with Gasteiger partial charge in [0.2, 0.25) is 4.96 Å². The van der Waals surface area contributed by atoms with Crippen molar-refractivity contribution in [2.24, 2.45) is 0 Å². The van der Waals surface area contributed by atoms with E-state index in [0.29, 0.717) is 36.5 Å². The molecule has 124 valence electrons. The molecule has 0 saturated heterocycles. The molecule has 0 radical (unpaired) electrons. The molecule has 0 atom stereocenters. The van der Waals surface area contributed by atoms with E-state index in [1.54, 1.807) is 36.4 Å². The van der Waals surface area contributed by atoms with Crippen molar-refractivity contribution in [2.75, 3.05) is 0 Å². The lowest BCUT2D eigenvalue weighted by Crippen LogP contribution is -2.23. The van der Waals surface area contributed by atoms with Gasteiger partial charge in [-0.2, -0.15) is 9.50 Å². The first-order chi connectivity index (χ1) is 12.0. The van der Waals surface area contributed by atoms with Gasteiger partial charge in [0.1, 0.15) is 5.82 Å². The molecule has 4 nitrogen and oxygen atoms in total. The summed E-state index contributed by atoms with van der Waals surface area (Å²) in [5.41, 5.74) is 1.04. The van der Waals surface area contributed by atoms with E-state index in [1.165, 1.54) is 28.0 Å². The van der Waals surface area contributed by atoms with Gasteiger partial charge < -0.3 is 0 Å². The summed E-state index contributed by atoms with van der Waals surface area (Å²) in [4.78, 5) is 17.3. The maximum atomic E-state index is 13.0. The fraction of sp³-hybridized carbons (Fsp3) is 0. The van der Waals surface area contributed by atoms with Crippen molar-refractivity contribution in [2.45, 2.75) is 0 Å². The monoisotopic (exact) mass is 391 g/mol. The lowest BCUT2D eigenvalue weighted by atomic mass is 10.2. The summed E-state index contributed by atoms with van der Waals surface area (Å²) >= 11 is 13.2. The third-order valence-corrected chi connectivity index (χ3v) is 5.05. The Labute approximate surface area is 154 Å². The minimum atomic E-state index is -0.342. The van der Waals surface area contributed by atoms with E-state index in [0.717, 1.165) is 0 Å². The second-order valence-corrected chi connectivity index (χ2v) is 7.07. The summed E-state index contributed by atoms with van der Waals surface area (Å²) in [6, 6.07) is 10.8. The molecular weight excluding hydrogens is 384 g/mol. The first kappa shape index (κ1) is 16.2. The van der Waals surface area contributed by atoms with E-state index >= 15 is 0 Å². The minimum absolute atomic E-state index is 0.285. The standard InChI is InChI=1S/C17H8Cl2FN3OS/c18-11-4-1-10(13(19)8-11)7-14-16(24)23-17(25-14)21-15(22-23)9-2-5-12(20)6-3-9/h1-8H/b14-7-. The lowest BCUT2D eigenvalue weighted by Gasteiger charge is -1.97. The molecule has 2 heterocycles. The van der Waals surface area contributed by atoms with Crippen molar-refractivity contribution >= 4 is 45.6 Å². The van der Waals surface area contributed by atoms with Crippen LogP contribution in [0.2, 0.25) is 10.0 Å². The molecule has 0 N–H and O–H groups in total. The van der Waals surface area contributed by atoms with Gasteiger partial charge in [-0.25, -0.2) is 4.39 Å². The first-order valence-electron chi connectivity index (χ1n) is 7.13. The average Bonchev–Trinajstić information content (AvgIpc) is 3.11. The van der Waals surface area contributed by atoms with Crippen LogP contribution in [0.3, 0.4) is 0 Å². The molecule has 0 aliphatic heterocycles. The zero-order chi connectivity index (χ0) is 17.6. The number of rotatable bonds is 2. The van der Waals surface area contributed by atoms with Crippen LogP contribution in [0.15, 0.2) is 47.3 Å². The number of fused-ring (bicyclic) bond motifs is 1. The van der Waals surface area contributed by atoms with Crippen LogP contribution in [0.4, 0.5) is 4.39 Å². The van der Waals surface area contributed by atoms with Gasteiger partial charge in [-0.1, -0.05) is 40.6 Å². The summed E-state index contributed by atoms with van der Waals surface area (Å²) in [6.07, 6.45) is 1.68. The Morgan fingerprint density at radius 2 is 1.88 bits per heavy atom. The summed E-state index contributed by atoms with van der Waals surface area (Å²) in [5.74, 6) is 0.0328. The maximum absolute atomic E-state index is 13.0. The molecule has 0 bridgehead atoms. The Morgan fingerprint density at radius 3 is 2.56 bits per heavy atom. The topological polar surface area (TPSA) is 47.3 Å². The van der Waals surface area contributed by atoms with Gasteiger partial charge in [-0.3, -0.25) is 4.79 Å². The van der Waals surface area contributed by atoms with E-state index in [9.17, 15) is 9.18 Å². The smallest absolute Gasteiger partial charge is 0.266 e. The van der Waals surface area contributed by atoms with Gasteiger partial charge >= 0.3 is 0 Å². The van der Waals surface area contributed by atoms with Crippen molar-refractivity contribution in [3.05, 3.63) is 78.8 Å². The van der Waals surface area contributed by atoms with E-state index in [4.69, 9.17) is 23.2 Å². The van der Waals surface area contributed by atoms with Crippen LogP contribution in [0, 0.1) is 5.82 Å². The molecule has 0 amide bonds. The van der Waals surface area contributed by atoms with Gasteiger partial charge in [0, 0.05) is 15.6 Å². The number of hydrogen-bond acceptors (Lipinski definition) is 4. The predicted molar refractivity (Wildman–Crippen MR) is 97.8 cm³/mol. The van der Waals surface area contributed by atoms with Gasteiger partial charge in [0.05, 0.1) is 4.53 Å². The van der Waals surface area contributed by atoms with Crippen LogP contribution < -0.4 is 10.1 Å². The molecule has 0 unspecified atom stereocenters. The Hall–Kier alpha value is -2.28. The van der Waals surface area contributed by atoms with Crippen molar-refractivity contribution < 1.29 is 4.39 Å². The molecule has 4 rings (SSSR count). The summed E-state index contributed by atoms with van der Waals surface area (Å²) in [7, 11) is 0. The third kappa shape index (κ3) is 3.04. The largest absolute Gasteiger partial charge is 0.291 e. The van der Waals surface area contributed by atoms with Gasteiger partial charge in [0.15, 0.2) is 5.82 Å². The zero-order valence-corrected chi connectivity index (χ0v) is 14.7. The number of thiazole rings is 1. The quantitative estimate of drug-likeness (QED) is 0.521. The summed E-state index contributed by atoms with van der Waals surface area (Å²) < 4.78 is 14.7. The molecular formula is C17H8Cl2FN3OS. The number of benzene rings is 2. The average molecular weight is 392 g/mol. The molecule has 0 fully saturated rings. The first-order valence-corrected chi connectivity index (χ1v) is 8.71. The molecule has 25 heavy (non-hydrogen) atoms. The number of halogens is 3. The Kier molecular flexibility index (Phi) is 4.03. The SMILES string of the molecule is O=c1/c(=C/c2ccc(Cl)cc2Cl)sc2nc(-c3ccc(F)cc3)nn12. The molecule has 8 heteroatoms. The highest BCUT2D eigenvalue weighted by molar-refractivity contribution is 7.15. The Balaban J connectivity index is 1.81. The maximum Gasteiger partial charge on any atom is 0.291 e. The normalized spacial score (nSPS) is 12.2. The van der Waals surface area contributed by atoms with Crippen LogP contribution >= 0.6 is 34.5 Å². The molecule has 0 aliphatic carbocycles. The molecule has 4 aromatic rings. The highest BCUT2D eigenvalue weighted by atomic mass is 35.5. The van der Waals surface area contributed by atoms with Crippen molar-refractivity contribution in [3.63, 3.8) is 0 Å². The Morgan fingerprint density at radius 1 is 1.12 bits per heavy atom. The van der Waals surface area contributed by atoms with E-state index in [-0.39, 0.29) is 11.4 Å². The Bertz CT molecular complexity index is 1200.